The molecule has 2 unspecified atom stereocenters. The van der Waals surface area contributed by atoms with Crippen molar-refractivity contribution >= 4 is 15.8 Å². The van der Waals surface area contributed by atoms with Gasteiger partial charge in [0.2, 0.25) is 10.0 Å². The minimum Gasteiger partial charge on any atom is -0.377 e. The van der Waals surface area contributed by atoms with E-state index in [4.69, 9.17) is 4.74 Å². The van der Waals surface area contributed by atoms with Crippen LogP contribution in [0.5, 0.6) is 0 Å². The minimum atomic E-state index is -3.56. The third kappa shape index (κ3) is 2.77. The summed E-state index contributed by atoms with van der Waals surface area (Å²) in [5.74, 6) is -0.0832. The zero-order valence-corrected chi connectivity index (χ0v) is 12.7. The second-order valence-corrected chi connectivity index (χ2v) is 7.03. The fourth-order valence-electron chi connectivity index (χ4n) is 2.40. The Morgan fingerprint density at radius 1 is 1.30 bits per heavy atom. The molecule has 2 atom stereocenters. The second-order valence-electron chi connectivity index (χ2n) is 5.03. The third-order valence-electron chi connectivity index (χ3n) is 3.74. The summed E-state index contributed by atoms with van der Waals surface area (Å²) in [4.78, 5) is 11.4. The van der Waals surface area contributed by atoms with Crippen LogP contribution in [0.1, 0.15) is 30.6 Å². The number of ether oxygens (including phenoxy) is 1. The van der Waals surface area contributed by atoms with Crippen LogP contribution in [0.4, 0.5) is 0 Å². The fourth-order valence-corrected chi connectivity index (χ4v) is 3.85. The molecule has 0 radical (unpaired) electrons. The van der Waals surface area contributed by atoms with Crippen LogP contribution in [-0.4, -0.2) is 44.3 Å². The molecule has 1 aromatic carbocycles. The molecule has 5 nitrogen and oxygen atoms in total. The first-order valence-electron chi connectivity index (χ1n) is 6.54. The number of hydrogen-bond donors (Lipinski definition) is 0. The lowest BCUT2D eigenvalue weighted by atomic mass is 10.2. The number of sulfonamides is 1. The van der Waals surface area contributed by atoms with Crippen LogP contribution in [0, 0.1) is 0 Å². The molecule has 0 amide bonds. The number of rotatable bonds is 4. The highest BCUT2D eigenvalue weighted by Gasteiger charge is 2.35. The quantitative estimate of drug-likeness (QED) is 0.793. The molecule has 6 heteroatoms. The topological polar surface area (TPSA) is 63.7 Å². The first kappa shape index (κ1) is 15.2. The van der Waals surface area contributed by atoms with Gasteiger partial charge in [0.1, 0.15) is 0 Å². The lowest BCUT2D eigenvalue weighted by Crippen LogP contribution is -2.40. The number of carbonyl (C=O) groups excluding carboxylic acids is 1. The van der Waals surface area contributed by atoms with Crippen LogP contribution in [0.3, 0.4) is 0 Å². The summed E-state index contributed by atoms with van der Waals surface area (Å²) in [6.45, 7) is 3.91. The molecule has 0 N–H and O–H groups in total. The lowest BCUT2D eigenvalue weighted by molar-refractivity contribution is 0.101. The van der Waals surface area contributed by atoms with Crippen molar-refractivity contribution in [2.24, 2.45) is 0 Å². The van der Waals surface area contributed by atoms with Crippen LogP contribution in [0.15, 0.2) is 29.2 Å². The van der Waals surface area contributed by atoms with Gasteiger partial charge < -0.3 is 4.74 Å². The van der Waals surface area contributed by atoms with Gasteiger partial charge in [0.15, 0.2) is 5.78 Å². The summed E-state index contributed by atoms with van der Waals surface area (Å²) in [5, 5.41) is 0. The van der Waals surface area contributed by atoms with E-state index in [1.807, 2.05) is 6.92 Å². The van der Waals surface area contributed by atoms with Crippen molar-refractivity contribution in [2.75, 3.05) is 13.7 Å². The molecule has 0 aliphatic carbocycles. The van der Waals surface area contributed by atoms with Gasteiger partial charge in [-0.2, -0.15) is 4.31 Å². The molecular formula is C14H19NO4S. The third-order valence-corrected chi connectivity index (χ3v) is 5.64. The van der Waals surface area contributed by atoms with E-state index >= 15 is 0 Å². The van der Waals surface area contributed by atoms with Crippen molar-refractivity contribution in [3.05, 3.63) is 29.8 Å². The Kier molecular flexibility index (Phi) is 4.27. The Morgan fingerprint density at radius 2 is 1.90 bits per heavy atom. The standard InChI is InChI=1S/C14H19NO4S/c1-10(16)12-4-6-13(7-5-12)20(17,18)15(3)14-8-9-19-11(14)2/h4-7,11,14H,8-9H2,1-3H3. The van der Waals surface area contributed by atoms with E-state index in [0.29, 0.717) is 18.6 Å². The molecule has 0 aromatic heterocycles. The number of nitrogens with zero attached hydrogens (tertiary/aromatic N) is 1. The Bertz CT molecular complexity index is 594. The van der Waals surface area contributed by atoms with Gasteiger partial charge in [0.05, 0.1) is 17.0 Å². The van der Waals surface area contributed by atoms with Crippen LogP contribution >= 0.6 is 0 Å². The molecule has 110 valence electrons. The normalized spacial score (nSPS) is 23.2. The summed E-state index contributed by atoms with van der Waals surface area (Å²) in [5.41, 5.74) is 0.504. The first-order chi connectivity index (χ1) is 9.34. The van der Waals surface area contributed by atoms with Gasteiger partial charge in [-0.15, -0.1) is 0 Å². The Hall–Kier alpha value is -1.24. The Balaban J connectivity index is 2.27. The van der Waals surface area contributed by atoms with E-state index in [-0.39, 0.29) is 22.8 Å². The summed E-state index contributed by atoms with van der Waals surface area (Å²) in [6.07, 6.45) is 0.592. The van der Waals surface area contributed by atoms with E-state index in [1.165, 1.54) is 35.5 Å². The predicted molar refractivity (Wildman–Crippen MR) is 75.2 cm³/mol. The van der Waals surface area contributed by atoms with Gasteiger partial charge in [-0.3, -0.25) is 4.79 Å². The maximum absolute atomic E-state index is 12.5. The number of carbonyl (C=O) groups is 1. The minimum absolute atomic E-state index is 0.0832. The van der Waals surface area contributed by atoms with Gasteiger partial charge in [-0.05, 0) is 32.4 Å². The van der Waals surface area contributed by atoms with Gasteiger partial charge in [-0.25, -0.2) is 8.42 Å². The summed E-state index contributed by atoms with van der Waals surface area (Å²) in [6, 6.07) is 5.88. The van der Waals surface area contributed by atoms with Crippen molar-refractivity contribution in [3.8, 4) is 0 Å². The van der Waals surface area contributed by atoms with Crippen molar-refractivity contribution in [1.29, 1.82) is 0 Å². The maximum Gasteiger partial charge on any atom is 0.243 e. The van der Waals surface area contributed by atoms with Crippen molar-refractivity contribution in [1.82, 2.24) is 4.31 Å². The van der Waals surface area contributed by atoms with E-state index in [1.54, 1.807) is 7.05 Å². The molecule has 2 rings (SSSR count). The Labute approximate surface area is 119 Å². The number of Topliss-reactive ketones (excluding diaryl/α,β-unsaturated/α-hetero) is 1. The molecular weight excluding hydrogens is 278 g/mol. The van der Waals surface area contributed by atoms with E-state index in [2.05, 4.69) is 0 Å². The average Bonchev–Trinajstić information content (AvgIpc) is 2.84. The summed E-state index contributed by atoms with van der Waals surface area (Å²) >= 11 is 0. The number of hydrogen-bond acceptors (Lipinski definition) is 4. The van der Waals surface area contributed by atoms with E-state index < -0.39 is 10.0 Å². The molecule has 1 aliphatic heterocycles. The number of benzene rings is 1. The van der Waals surface area contributed by atoms with Gasteiger partial charge in [0.25, 0.3) is 0 Å². The van der Waals surface area contributed by atoms with Gasteiger partial charge in [-0.1, -0.05) is 12.1 Å². The van der Waals surface area contributed by atoms with E-state index in [9.17, 15) is 13.2 Å². The molecule has 0 bridgehead atoms. The Morgan fingerprint density at radius 3 is 2.35 bits per heavy atom. The van der Waals surface area contributed by atoms with Gasteiger partial charge in [0, 0.05) is 19.2 Å². The first-order valence-corrected chi connectivity index (χ1v) is 7.98. The number of ketones is 1. The monoisotopic (exact) mass is 297 g/mol. The van der Waals surface area contributed by atoms with Crippen LogP contribution in [0.25, 0.3) is 0 Å². The smallest absolute Gasteiger partial charge is 0.243 e. The average molecular weight is 297 g/mol. The molecule has 20 heavy (non-hydrogen) atoms. The van der Waals surface area contributed by atoms with Crippen LogP contribution in [-0.2, 0) is 14.8 Å². The highest BCUT2D eigenvalue weighted by molar-refractivity contribution is 7.89. The van der Waals surface area contributed by atoms with Crippen molar-refractivity contribution in [2.45, 2.75) is 37.3 Å². The molecule has 1 saturated heterocycles. The maximum atomic E-state index is 12.5. The van der Waals surface area contributed by atoms with Crippen LogP contribution < -0.4 is 0 Å². The molecule has 1 heterocycles. The van der Waals surface area contributed by atoms with Crippen molar-refractivity contribution < 1.29 is 17.9 Å². The summed E-state index contributed by atoms with van der Waals surface area (Å²) < 4.78 is 31.8. The lowest BCUT2D eigenvalue weighted by Gasteiger charge is -2.26. The second kappa shape index (κ2) is 5.63. The molecule has 1 aliphatic rings. The molecule has 0 saturated carbocycles. The SMILES string of the molecule is CC(=O)c1ccc(S(=O)(=O)N(C)C2CCOC2C)cc1. The van der Waals surface area contributed by atoms with Gasteiger partial charge >= 0.3 is 0 Å². The molecule has 1 fully saturated rings. The summed E-state index contributed by atoms with van der Waals surface area (Å²) in [7, 11) is -1.98. The van der Waals surface area contributed by atoms with Crippen LogP contribution in [0.2, 0.25) is 0 Å². The number of likely N-dealkylation sites (N-methyl/N-ethyl adjacent to an activating group) is 1. The largest absolute Gasteiger partial charge is 0.377 e. The zero-order valence-electron chi connectivity index (χ0n) is 11.9. The molecule has 0 spiro atoms. The highest BCUT2D eigenvalue weighted by Crippen LogP contribution is 2.24. The van der Waals surface area contributed by atoms with Crippen molar-refractivity contribution in [3.63, 3.8) is 0 Å². The molecule has 1 aromatic rings. The highest BCUT2D eigenvalue weighted by atomic mass is 32.2. The predicted octanol–water partition coefficient (Wildman–Crippen LogP) is 1.69. The van der Waals surface area contributed by atoms with E-state index in [0.717, 1.165) is 0 Å². The fraction of sp³-hybridized carbons (Fsp3) is 0.500. The zero-order chi connectivity index (χ0) is 14.9.